The van der Waals surface area contributed by atoms with Crippen molar-refractivity contribution in [1.29, 1.82) is 0 Å². The number of carbonyl (C=O) groups is 2. The normalized spacial score (nSPS) is 18.3. The van der Waals surface area contributed by atoms with Crippen molar-refractivity contribution >= 4 is 23.2 Å². The number of anilines is 2. The van der Waals surface area contributed by atoms with Crippen molar-refractivity contribution in [1.82, 2.24) is 10.1 Å². The third kappa shape index (κ3) is 2.89. The minimum atomic E-state index is -0.477. The van der Waals surface area contributed by atoms with Gasteiger partial charge in [-0.05, 0) is 31.4 Å². The summed E-state index contributed by atoms with van der Waals surface area (Å²) in [5.41, 5.74) is 7.04. The quantitative estimate of drug-likeness (QED) is 0.867. The molecule has 2 aromatic rings. The number of carbonyl (C=O) groups excluding carboxylic acids is 2. The van der Waals surface area contributed by atoms with Crippen LogP contribution in [-0.4, -0.2) is 28.5 Å². The van der Waals surface area contributed by atoms with E-state index in [2.05, 4.69) is 15.5 Å². The molecule has 1 aliphatic carbocycles. The van der Waals surface area contributed by atoms with Gasteiger partial charge in [0.25, 0.3) is 0 Å². The summed E-state index contributed by atoms with van der Waals surface area (Å²) in [5.74, 6) is 0.550. The molecule has 1 saturated carbocycles. The number of amides is 2. The minimum absolute atomic E-state index is 0.0108. The van der Waals surface area contributed by atoms with Crippen LogP contribution in [-0.2, 0) is 21.5 Å². The van der Waals surface area contributed by atoms with Crippen molar-refractivity contribution in [2.24, 2.45) is 5.73 Å². The third-order valence-corrected chi connectivity index (χ3v) is 4.78. The van der Waals surface area contributed by atoms with E-state index in [0.29, 0.717) is 29.5 Å². The summed E-state index contributed by atoms with van der Waals surface area (Å²) in [5, 5.41) is 6.71. The molecule has 25 heavy (non-hydrogen) atoms. The van der Waals surface area contributed by atoms with Crippen LogP contribution in [0.15, 0.2) is 28.8 Å². The number of para-hydroxylation sites is 2. The smallest absolute Gasteiger partial charge is 0.244 e. The lowest BCUT2D eigenvalue weighted by molar-refractivity contribution is -0.121. The average Bonchev–Trinajstić information content (AvgIpc) is 3.06. The van der Waals surface area contributed by atoms with Crippen LogP contribution in [0.1, 0.15) is 37.4 Å². The second kappa shape index (κ2) is 5.96. The van der Waals surface area contributed by atoms with E-state index in [0.717, 1.165) is 19.3 Å². The maximum absolute atomic E-state index is 12.6. The Kier molecular flexibility index (Phi) is 3.76. The van der Waals surface area contributed by atoms with Crippen molar-refractivity contribution < 1.29 is 14.1 Å². The van der Waals surface area contributed by atoms with E-state index in [-0.39, 0.29) is 24.8 Å². The second-order valence-electron chi connectivity index (χ2n) is 6.57. The number of nitrogens with one attached hydrogen (secondary N) is 1. The van der Waals surface area contributed by atoms with Gasteiger partial charge in [-0.25, -0.2) is 0 Å². The highest BCUT2D eigenvalue weighted by Gasteiger charge is 2.39. The summed E-state index contributed by atoms with van der Waals surface area (Å²) in [6.07, 6.45) is 3.27. The van der Waals surface area contributed by atoms with Crippen LogP contribution in [0.25, 0.3) is 0 Å². The summed E-state index contributed by atoms with van der Waals surface area (Å²) in [7, 11) is 0. The van der Waals surface area contributed by atoms with E-state index in [1.54, 1.807) is 6.07 Å². The Morgan fingerprint density at radius 3 is 2.92 bits per heavy atom. The molecule has 1 aromatic carbocycles. The molecule has 0 bridgehead atoms. The zero-order chi connectivity index (χ0) is 17.4. The van der Waals surface area contributed by atoms with Crippen LogP contribution in [0.4, 0.5) is 11.4 Å². The van der Waals surface area contributed by atoms with Gasteiger partial charge in [-0.1, -0.05) is 17.3 Å². The van der Waals surface area contributed by atoms with Crippen LogP contribution in [0.2, 0.25) is 0 Å². The van der Waals surface area contributed by atoms with E-state index < -0.39 is 5.54 Å². The largest absolute Gasteiger partial charge is 0.339 e. The average molecular weight is 341 g/mol. The van der Waals surface area contributed by atoms with Crippen LogP contribution in [0.5, 0.6) is 0 Å². The Labute approximate surface area is 144 Å². The number of benzene rings is 1. The summed E-state index contributed by atoms with van der Waals surface area (Å²) >= 11 is 0. The zero-order valence-corrected chi connectivity index (χ0v) is 13.7. The number of fused-ring (bicyclic) bond motifs is 1. The molecule has 2 heterocycles. The van der Waals surface area contributed by atoms with Gasteiger partial charge in [0, 0.05) is 12.8 Å². The molecule has 0 unspecified atom stereocenters. The van der Waals surface area contributed by atoms with Gasteiger partial charge >= 0.3 is 0 Å². The van der Waals surface area contributed by atoms with Crippen molar-refractivity contribution in [3.05, 3.63) is 36.0 Å². The fourth-order valence-electron chi connectivity index (χ4n) is 3.14. The lowest BCUT2D eigenvalue weighted by Gasteiger charge is -2.34. The second-order valence-corrected chi connectivity index (χ2v) is 6.57. The first-order valence-electron chi connectivity index (χ1n) is 8.36. The number of nitrogens with two attached hydrogens (primary N) is 1. The first-order valence-corrected chi connectivity index (χ1v) is 8.36. The van der Waals surface area contributed by atoms with Crippen molar-refractivity contribution in [3.63, 3.8) is 0 Å². The van der Waals surface area contributed by atoms with E-state index in [4.69, 9.17) is 10.3 Å². The Hall–Kier alpha value is -2.74. The standard InChI is InChI=1S/C17H19N5O3/c18-17(8-3-9-17)16-20-14(25-21-16)6-7-15(24)22-10-13(23)19-11-4-1-2-5-12(11)22/h1-2,4-5H,3,6-10,18H2,(H,19,23). The van der Waals surface area contributed by atoms with Crippen molar-refractivity contribution in [2.75, 3.05) is 16.8 Å². The topological polar surface area (TPSA) is 114 Å². The maximum Gasteiger partial charge on any atom is 0.244 e. The Morgan fingerprint density at radius 2 is 2.16 bits per heavy atom. The summed E-state index contributed by atoms with van der Waals surface area (Å²) in [6, 6.07) is 7.23. The fraction of sp³-hybridized carbons (Fsp3) is 0.412. The number of hydrogen-bond donors (Lipinski definition) is 2. The Balaban J connectivity index is 1.44. The van der Waals surface area contributed by atoms with E-state index in [9.17, 15) is 9.59 Å². The molecule has 0 atom stereocenters. The Morgan fingerprint density at radius 1 is 1.36 bits per heavy atom. The van der Waals surface area contributed by atoms with Crippen LogP contribution in [0.3, 0.4) is 0 Å². The third-order valence-electron chi connectivity index (χ3n) is 4.78. The van der Waals surface area contributed by atoms with E-state index in [1.807, 2.05) is 18.2 Å². The van der Waals surface area contributed by atoms with E-state index in [1.165, 1.54) is 4.90 Å². The first-order chi connectivity index (χ1) is 12.0. The van der Waals surface area contributed by atoms with Gasteiger partial charge in [-0.15, -0.1) is 0 Å². The molecular formula is C17H19N5O3. The molecule has 2 aliphatic rings. The lowest BCUT2D eigenvalue weighted by atomic mass is 9.77. The van der Waals surface area contributed by atoms with Gasteiger partial charge in [0.1, 0.15) is 6.54 Å². The van der Waals surface area contributed by atoms with Gasteiger partial charge < -0.3 is 20.5 Å². The minimum Gasteiger partial charge on any atom is -0.339 e. The molecule has 0 spiro atoms. The number of aromatic nitrogens is 2. The number of hydrogen-bond acceptors (Lipinski definition) is 6. The fourth-order valence-corrected chi connectivity index (χ4v) is 3.14. The molecule has 4 rings (SSSR count). The van der Waals surface area contributed by atoms with Crippen molar-refractivity contribution in [2.45, 2.75) is 37.6 Å². The summed E-state index contributed by atoms with van der Waals surface area (Å²) in [6.45, 7) is 0.0108. The molecule has 0 radical (unpaired) electrons. The molecule has 1 aliphatic heterocycles. The number of nitrogens with zero attached hydrogens (tertiary/aromatic N) is 3. The molecule has 1 aromatic heterocycles. The first kappa shape index (κ1) is 15.8. The van der Waals surface area contributed by atoms with Gasteiger partial charge in [-0.2, -0.15) is 4.98 Å². The maximum atomic E-state index is 12.6. The predicted octanol–water partition coefficient (Wildman–Crippen LogP) is 1.33. The zero-order valence-electron chi connectivity index (χ0n) is 13.7. The molecule has 0 saturated heterocycles. The van der Waals surface area contributed by atoms with Gasteiger partial charge in [-0.3, -0.25) is 9.59 Å². The molecule has 1 fully saturated rings. The SMILES string of the molecule is NC1(c2noc(CCC(=O)N3CC(=O)Nc4ccccc43)n2)CCC1. The van der Waals surface area contributed by atoms with Crippen molar-refractivity contribution in [3.8, 4) is 0 Å². The van der Waals surface area contributed by atoms with E-state index >= 15 is 0 Å². The lowest BCUT2D eigenvalue weighted by Crippen LogP contribution is -2.44. The summed E-state index contributed by atoms with van der Waals surface area (Å²) < 4.78 is 5.22. The highest BCUT2D eigenvalue weighted by molar-refractivity contribution is 6.09. The molecule has 2 amide bonds. The highest BCUT2D eigenvalue weighted by atomic mass is 16.5. The van der Waals surface area contributed by atoms with Gasteiger partial charge in [0.2, 0.25) is 17.7 Å². The number of rotatable bonds is 4. The monoisotopic (exact) mass is 341 g/mol. The van der Waals surface area contributed by atoms with Gasteiger partial charge in [0.05, 0.1) is 16.9 Å². The predicted molar refractivity (Wildman–Crippen MR) is 89.8 cm³/mol. The van der Waals surface area contributed by atoms with Gasteiger partial charge in [0.15, 0.2) is 5.82 Å². The Bertz CT molecular complexity index is 827. The summed E-state index contributed by atoms with van der Waals surface area (Å²) in [4.78, 5) is 30.2. The van der Waals surface area contributed by atoms with Crippen LogP contribution >= 0.6 is 0 Å². The highest BCUT2D eigenvalue weighted by Crippen LogP contribution is 2.37. The molecule has 130 valence electrons. The van der Waals surface area contributed by atoms with Crippen LogP contribution in [0, 0.1) is 0 Å². The molecule has 8 nitrogen and oxygen atoms in total. The molecular weight excluding hydrogens is 322 g/mol. The molecule has 3 N–H and O–H groups in total. The number of aryl methyl sites for hydroxylation is 1. The van der Waals surface area contributed by atoms with Crippen LogP contribution < -0.4 is 16.0 Å². The molecule has 8 heteroatoms.